The molecule has 0 bridgehead atoms. The van der Waals surface area contributed by atoms with Gasteiger partial charge in [-0.15, -0.1) is 0 Å². The van der Waals surface area contributed by atoms with Crippen LogP contribution in [0.1, 0.15) is 48.5 Å². The van der Waals surface area contributed by atoms with E-state index in [0.29, 0.717) is 12.1 Å². The highest BCUT2D eigenvalue weighted by molar-refractivity contribution is 5.94. The Balaban J connectivity index is 2.41. The van der Waals surface area contributed by atoms with E-state index >= 15 is 0 Å². The predicted octanol–water partition coefficient (Wildman–Crippen LogP) is 2.29. The van der Waals surface area contributed by atoms with E-state index in [0.717, 1.165) is 24.5 Å². The Labute approximate surface area is 133 Å². The zero-order valence-electron chi connectivity index (χ0n) is 13.9. The van der Waals surface area contributed by atoms with Gasteiger partial charge in [0.1, 0.15) is 0 Å². The Kier molecular flexibility index (Phi) is 8.72. The largest absolute Gasteiger partial charge is 0.356 e. The number of guanidine groups is 1. The van der Waals surface area contributed by atoms with Crippen molar-refractivity contribution in [1.82, 2.24) is 16.0 Å². The minimum atomic E-state index is -0.0692. The number of nitrogens with one attached hydrogen (secondary N) is 3. The zero-order valence-corrected chi connectivity index (χ0v) is 13.9. The molecule has 0 atom stereocenters. The summed E-state index contributed by atoms with van der Waals surface area (Å²) in [4.78, 5) is 15.8. The second-order valence-electron chi connectivity index (χ2n) is 5.19. The van der Waals surface area contributed by atoms with Crippen LogP contribution in [-0.2, 0) is 6.54 Å². The summed E-state index contributed by atoms with van der Waals surface area (Å²) in [7, 11) is 3.40. The molecule has 1 aromatic rings. The van der Waals surface area contributed by atoms with Crippen LogP contribution in [0, 0.1) is 0 Å². The maximum absolute atomic E-state index is 11.6. The fourth-order valence-electron chi connectivity index (χ4n) is 2.13. The lowest BCUT2D eigenvalue weighted by Crippen LogP contribution is -2.37. The minimum Gasteiger partial charge on any atom is -0.356 e. The molecule has 0 fully saturated rings. The standard InChI is InChI=1S/C17H28N4O/c1-4-5-6-7-11-20-17(19-3)21-13-14-9-8-10-15(12-14)16(22)18-2/h8-10,12H,4-7,11,13H2,1-3H3,(H,18,22)(H2,19,20,21). The summed E-state index contributed by atoms with van der Waals surface area (Å²) in [6.07, 6.45) is 4.92. The summed E-state index contributed by atoms with van der Waals surface area (Å²) in [5, 5.41) is 9.21. The van der Waals surface area contributed by atoms with Crippen LogP contribution in [0.3, 0.4) is 0 Å². The number of carbonyl (C=O) groups is 1. The van der Waals surface area contributed by atoms with E-state index < -0.39 is 0 Å². The highest BCUT2D eigenvalue weighted by atomic mass is 16.1. The summed E-state index contributed by atoms with van der Waals surface area (Å²) < 4.78 is 0. The van der Waals surface area contributed by atoms with E-state index in [9.17, 15) is 4.79 Å². The Hall–Kier alpha value is -2.04. The molecule has 0 saturated carbocycles. The van der Waals surface area contributed by atoms with Crippen LogP contribution in [0.4, 0.5) is 0 Å². The first kappa shape index (κ1) is 18.0. The number of nitrogens with zero attached hydrogens (tertiary/aromatic N) is 1. The molecular weight excluding hydrogens is 276 g/mol. The molecule has 0 aromatic heterocycles. The van der Waals surface area contributed by atoms with E-state index in [4.69, 9.17) is 0 Å². The van der Waals surface area contributed by atoms with Gasteiger partial charge in [0, 0.05) is 32.7 Å². The van der Waals surface area contributed by atoms with Crippen LogP contribution >= 0.6 is 0 Å². The normalized spacial score (nSPS) is 11.1. The Bertz CT molecular complexity index is 485. The van der Waals surface area contributed by atoms with Gasteiger partial charge in [-0.3, -0.25) is 9.79 Å². The SMILES string of the molecule is CCCCCCNC(=NC)NCc1cccc(C(=O)NC)c1. The van der Waals surface area contributed by atoms with Gasteiger partial charge in [-0.05, 0) is 24.1 Å². The number of rotatable bonds is 8. The first-order chi connectivity index (χ1) is 10.7. The fraction of sp³-hybridized carbons (Fsp3) is 0.529. The fourth-order valence-corrected chi connectivity index (χ4v) is 2.13. The first-order valence-electron chi connectivity index (χ1n) is 7.96. The molecule has 0 aliphatic heterocycles. The Morgan fingerprint density at radius 1 is 1.18 bits per heavy atom. The molecule has 1 rings (SSSR count). The summed E-state index contributed by atoms with van der Waals surface area (Å²) in [6.45, 7) is 3.78. The number of amides is 1. The number of carbonyl (C=O) groups excluding carboxylic acids is 1. The lowest BCUT2D eigenvalue weighted by molar-refractivity contribution is 0.0963. The highest BCUT2D eigenvalue weighted by Gasteiger charge is 2.04. The maximum Gasteiger partial charge on any atom is 0.251 e. The monoisotopic (exact) mass is 304 g/mol. The van der Waals surface area contributed by atoms with Crippen molar-refractivity contribution in [3.05, 3.63) is 35.4 Å². The van der Waals surface area contributed by atoms with Crippen LogP contribution in [0.25, 0.3) is 0 Å². The number of unbranched alkanes of at least 4 members (excludes halogenated alkanes) is 3. The third-order valence-corrected chi connectivity index (χ3v) is 3.42. The zero-order chi connectivity index (χ0) is 16.2. The Morgan fingerprint density at radius 2 is 2.00 bits per heavy atom. The predicted molar refractivity (Wildman–Crippen MR) is 92.2 cm³/mol. The smallest absolute Gasteiger partial charge is 0.251 e. The number of hydrogen-bond acceptors (Lipinski definition) is 2. The molecule has 0 spiro atoms. The van der Waals surface area contributed by atoms with Crippen LogP contribution in [0.5, 0.6) is 0 Å². The van der Waals surface area contributed by atoms with Gasteiger partial charge < -0.3 is 16.0 Å². The Morgan fingerprint density at radius 3 is 2.68 bits per heavy atom. The minimum absolute atomic E-state index is 0.0692. The lowest BCUT2D eigenvalue weighted by Gasteiger charge is -2.12. The van der Waals surface area contributed by atoms with Gasteiger partial charge in [0.25, 0.3) is 5.91 Å². The van der Waals surface area contributed by atoms with Gasteiger partial charge in [0.15, 0.2) is 5.96 Å². The highest BCUT2D eigenvalue weighted by Crippen LogP contribution is 2.05. The summed E-state index contributed by atoms with van der Waals surface area (Å²) in [6, 6.07) is 7.58. The molecule has 0 heterocycles. The number of hydrogen-bond donors (Lipinski definition) is 3. The van der Waals surface area contributed by atoms with E-state index in [2.05, 4.69) is 27.9 Å². The second kappa shape index (κ2) is 10.7. The molecule has 0 unspecified atom stereocenters. The van der Waals surface area contributed by atoms with Gasteiger partial charge in [-0.25, -0.2) is 0 Å². The quantitative estimate of drug-likeness (QED) is 0.392. The van der Waals surface area contributed by atoms with E-state index in [-0.39, 0.29) is 5.91 Å². The second-order valence-corrected chi connectivity index (χ2v) is 5.19. The van der Waals surface area contributed by atoms with E-state index in [1.54, 1.807) is 14.1 Å². The average Bonchev–Trinajstić information content (AvgIpc) is 2.57. The molecule has 22 heavy (non-hydrogen) atoms. The molecule has 0 aliphatic carbocycles. The van der Waals surface area contributed by atoms with Gasteiger partial charge >= 0.3 is 0 Å². The van der Waals surface area contributed by atoms with Crippen LogP contribution in [0.15, 0.2) is 29.3 Å². The molecule has 0 radical (unpaired) electrons. The molecule has 1 aromatic carbocycles. The molecule has 5 heteroatoms. The molecule has 5 nitrogen and oxygen atoms in total. The van der Waals surface area contributed by atoms with Crippen molar-refractivity contribution in [3.63, 3.8) is 0 Å². The molecule has 0 saturated heterocycles. The third kappa shape index (κ3) is 6.61. The summed E-state index contributed by atoms with van der Waals surface area (Å²) in [5.41, 5.74) is 1.72. The number of aliphatic imine (C=N–C) groups is 1. The van der Waals surface area contributed by atoms with Crippen molar-refractivity contribution in [2.24, 2.45) is 4.99 Å². The van der Waals surface area contributed by atoms with Crippen LogP contribution < -0.4 is 16.0 Å². The molecule has 122 valence electrons. The van der Waals surface area contributed by atoms with Gasteiger partial charge in [0.05, 0.1) is 0 Å². The van der Waals surface area contributed by atoms with E-state index in [1.807, 2.05) is 24.3 Å². The van der Waals surface area contributed by atoms with Crippen molar-refractivity contribution in [2.75, 3.05) is 20.6 Å². The lowest BCUT2D eigenvalue weighted by atomic mass is 10.1. The topological polar surface area (TPSA) is 65.5 Å². The number of benzene rings is 1. The van der Waals surface area contributed by atoms with Crippen molar-refractivity contribution >= 4 is 11.9 Å². The van der Waals surface area contributed by atoms with Crippen molar-refractivity contribution in [3.8, 4) is 0 Å². The first-order valence-corrected chi connectivity index (χ1v) is 7.96. The third-order valence-electron chi connectivity index (χ3n) is 3.42. The van der Waals surface area contributed by atoms with Crippen molar-refractivity contribution < 1.29 is 4.79 Å². The molecule has 3 N–H and O–H groups in total. The van der Waals surface area contributed by atoms with Crippen LogP contribution in [0.2, 0.25) is 0 Å². The molecule has 1 amide bonds. The summed E-state index contributed by atoms with van der Waals surface area (Å²) >= 11 is 0. The van der Waals surface area contributed by atoms with Gasteiger partial charge in [0.2, 0.25) is 0 Å². The average molecular weight is 304 g/mol. The van der Waals surface area contributed by atoms with Crippen LogP contribution in [-0.4, -0.2) is 32.5 Å². The van der Waals surface area contributed by atoms with E-state index in [1.165, 1.54) is 19.3 Å². The summed E-state index contributed by atoms with van der Waals surface area (Å²) in [5.74, 6) is 0.724. The van der Waals surface area contributed by atoms with Gasteiger partial charge in [-0.2, -0.15) is 0 Å². The molecular formula is C17H28N4O. The van der Waals surface area contributed by atoms with Crippen molar-refractivity contribution in [1.29, 1.82) is 0 Å². The van der Waals surface area contributed by atoms with Crippen molar-refractivity contribution in [2.45, 2.75) is 39.2 Å². The van der Waals surface area contributed by atoms with Gasteiger partial charge in [-0.1, -0.05) is 38.3 Å². The molecule has 0 aliphatic rings. The maximum atomic E-state index is 11.6.